The zero-order valence-corrected chi connectivity index (χ0v) is 20.0. The molecule has 0 bridgehead atoms. The molecule has 0 aliphatic heterocycles. The molecule has 3 N–H and O–H groups in total. The predicted octanol–water partition coefficient (Wildman–Crippen LogP) is 5.66. The molecular weight excluding hydrogens is 440 g/mol. The number of nitrogens with two attached hydrogens (primary N) is 1. The Balaban J connectivity index is 1.53. The van der Waals surface area contributed by atoms with E-state index in [0.717, 1.165) is 28.8 Å². The Kier molecular flexibility index (Phi) is 6.01. The van der Waals surface area contributed by atoms with Crippen molar-refractivity contribution in [1.29, 1.82) is 0 Å². The van der Waals surface area contributed by atoms with Gasteiger partial charge in [-0.25, -0.2) is 4.98 Å². The van der Waals surface area contributed by atoms with Crippen LogP contribution in [0.1, 0.15) is 10.4 Å². The lowest BCUT2D eigenvalue weighted by molar-refractivity contribution is 0.0951. The number of nitrogens with one attached hydrogen (secondary N) is 1. The highest BCUT2D eigenvalue weighted by molar-refractivity contribution is 7.26. The first-order chi connectivity index (χ1) is 16.5. The van der Waals surface area contributed by atoms with Crippen LogP contribution in [0, 0.1) is 0 Å². The number of pyridine rings is 1. The molecule has 3 aromatic carbocycles. The van der Waals surface area contributed by atoms with Gasteiger partial charge in [-0.3, -0.25) is 4.79 Å². The minimum atomic E-state index is -0.0811. The number of amides is 1. The molecular formula is C28H26N4OS. The van der Waals surface area contributed by atoms with Crippen molar-refractivity contribution < 1.29 is 4.79 Å². The number of thiophene rings is 1. The van der Waals surface area contributed by atoms with Crippen molar-refractivity contribution in [3.05, 3.63) is 84.6 Å². The van der Waals surface area contributed by atoms with Crippen LogP contribution in [0.2, 0.25) is 0 Å². The first kappa shape index (κ1) is 22.1. The van der Waals surface area contributed by atoms with Crippen molar-refractivity contribution in [2.45, 2.75) is 0 Å². The maximum atomic E-state index is 12.6. The van der Waals surface area contributed by atoms with Gasteiger partial charge in [-0.2, -0.15) is 0 Å². The van der Waals surface area contributed by atoms with E-state index in [-0.39, 0.29) is 5.91 Å². The van der Waals surface area contributed by atoms with Gasteiger partial charge in [0, 0.05) is 61.7 Å². The fourth-order valence-corrected chi connectivity index (χ4v) is 5.37. The average Bonchev–Trinajstić information content (AvgIpc) is 3.23. The van der Waals surface area contributed by atoms with Gasteiger partial charge in [-0.1, -0.05) is 48.5 Å². The quantitative estimate of drug-likeness (QED) is 0.339. The second-order valence-corrected chi connectivity index (χ2v) is 9.63. The van der Waals surface area contributed by atoms with E-state index >= 15 is 0 Å². The highest BCUT2D eigenvalue weighted by Gasteiger charge is 2.14. The first-order valence-corrected chi connectivity index (χ1v) is 12.0. The summed E-state index contributed by atoms with van der Waals surface area (Å²) in [7, 11) is 3.97. The number of aromatic nitrogens is 1. The van der Waals surface area contributed by atoms with E-state index in [0.29, 0.717) is 17.9 Å². The van der Waals surface area contributed by atoms with Crippen LogP contribution >= 0.6 is 11.3 Å². The van der Waals surface area contributed by atoms with Crippen LogP contribution in [0.15, 0.2) is 79.0 Å². The second kappa shape index (κ2) is 9.25. The Morgan fingerprint density at radius 2 is 1.74 bits per heavy atom. The molecule has 0 radical (unpaired) electrons. The zero-order valence-electron chi connectivity index (χ0n) is 19.2. The van der Waals surface area contributed by atoms with E-state index < -0.39 is 0 Å². The lowest BCUT2D eigenvalue weighted by atomic mass is 9.98. The van der Waals surface area contributed by atoms with Crippen LogP contribution in [0.25, 0.3) is 42.4 Å². The minimum Gasteiger partial charge on any atom is -0.383 e. The van der Waals surface area contributed by atoms with Gasteiger partial charge < -0.3 is 16.0 Å². The molecule has 0 spiro atoms. The number of benzene rings is 3. The number of hydrogen-bond acceptors (Lipinski definition) is 5. The van der Waals surface area contributed by atoms with Crippen LogP contribution in [0.5, 0.6) is 0 Å². The summed E-state index contributed by atoms with van der Waals surface area (Å²) in [5.74, 6) is 0.411. The summed E-state index contributed by atoms with van der Waals surface area (Å²) >= 11 is 1.77. The minimum absolute atomic E-state index is 0.0811. The molecule has 1 amide bonds. The first-order valence-electron chi connectivity index (χ1n) is 11.2. The molecule has 0 aliphatic rings. The summed E-state index contributed by atoms with van der Waals surface area (Å²) in [5.41, 5.74) is 10.8. The van der Waals surface area contributed by atoms with Gasteiger partial charge in [-0.15, -0.1) is 11.3 Å². The smallest absolute Gasteiger partial charge is 0.251 e. The summed E-state index contributed by atoms with van der Waals surface area (Å²) in [4.78, 5) is 19.2. The number of fused-ring (bicyclic) bond motifs is 3. The molecule has 0 atom stereocenters. The van der Waals surface area contributed by atoms with E-state index in [1.54, 1.807) is 17.5 Å². The number of carbonyl (C=O) groups is 1. The Morgan fingerprint density at radius 1 is 0.941 bits per heavy atom. The molecule has 5 rings (SSSR count). The average molecular weight is 467 g/mol. The molecule has 0 unspecified atom stereocenters. The van der Waals surface area contributed by atoms with Gasteiger partial charge in [0.05, 0.1) is 0 Å². The molecule has 0 aliphatic carbocycles. The van der Waals surface area contributed by atoms with Gasteiger partial charge >= 0.3 is 0 Å². The third-order valence-electron chi connectivity index (χ3n) is 5.92. The molecule has 2 heterocycles. The SMILES string of the molecule is CN(C)CCNC(=O)c1cccc(-c2cnc(N)c(-c3cccc4c3sc3ccccc34)c2)c1. The fraction of sp³-hybridized carbons (Fsp3) is 0.143. The van der Waals surface area contributed by atoms with Crippen molar-refractivity contribution in [3.8, 4) is 22.3 Å². The van der Waals surface area contributed by atoms with Crippen molar-refractivity contribution in [1.82, 2.24) is 15.2 Å². The number of carbonyl (C=O) groups excluding carboxylic acids is 1. The van der Waals surface area contributed by atoms with Crippen molar-refractivity contribution >= 4 is 43.2 Å². The predicted molar refractivity (Wildman–Crippen MR) is 143 cm³/mol. The molecule has 0 saturated carbocycles. The van der Waals surface area contributed by atoms with Crippen LogP contribution < -0.4 is 11.1 Å². The highest BCUT2D eigenvalue weighted by atomic mass is 32.1. The Hall–Kier alpha value is -3.74. The standard InChI is InChI=1S/C28H26N4OS/c1-32(2)14-13-30-28(33)19-8-5-7-18(15-19)20-16-24(27(29)31-17-20)23-11-6-10-22-21-9-3-4-12-25(21)34-26(22)23/h3-12,15-17H,13-14H2,1-2H3,(H2,29,31)(H,30,33). The Morgan fingerprint density at radius 3 is 2.59 bits per heavy atom. The monoisotopic (exact) mass is 466 g/mol. The maximum Gasteiger partial charge on any atom is 0.251 e. The van der Waals surface area contributed by atoms with Crippen molar-refractivity contribution in [2.75, 3.05) is 32.9 Å². The largest absolute Gasteiger partial charge is 0.383 e. The van der Waals surface area contributed by atoms with Crippen LogP contribution in [0.3, 0.4) is 0 Å². The number of nitrogens with zero attached hydrogens (tertiary/aromatic N) is 2. The normalized spacial score (nSPS) is 11.4. The van der Waals surface area contributed by atoms with Crippen LogP contribution in [0.4, 0.5) is 5.82 Å². The topological polar surface area (TPSA) is 71.2 Å². The molecule has 5 aromatic rings. The van der Waals surface area contributed by atoms with E-state index in [9.17, 15) is 4.79 Å². The summed E-state index contributed by atoms with van der Waals surface area (Å²) < 4.78 is 2.45. The molecule has 5 nitrogen and oxygen atoms in total. The van der Waals surface area contributed by atoms with Gasteiger partial charge in [-0.05, 0) is 43.9 Å². The molecule has 34 heavy (non-hydrogen) atoms. The molecule has 2 aromatic heterocycles. The van der Waals surface area contributed by atoms with Gasteiger partial charge in [0.2, 0.25) is 0 Å². The molecule has 0 saturated heterocycles. The van der Waals surface area contributed by atoms with Crippen molar-refractivity contribution in [3.63, 3.8) is 0 Å². The lowest BCUT2D eigenvalue weighted by Crippen LogP contribution is -2.31. The lowest BCUT2D eigenvalue weighted by Gasteiger charge is -2.12. The third kappa shape index (κ3) is 4.25. The van der Waals surface area contributed by atoms with E-state index in [2.05, 4.69) is 58.8 Å². The van der Waals surface area contributed by atoms with E-state index in [1.165, 1.54) is 20.2 Å². The molecule has 0 fully saturated rings. The van der Waals surface area contributed by atoms with Crippen molar-refractivity contribution in [2.24, 2.45) is 0 Å². The summed E-state index contributed by atoms with van der Waals surface area (Å²) in [6, 6.07) is 24.5. The Bertz CT molecular complexity index is 1510. The summed E-state index contributed by atoms with van der Waals surface area (Å²) in [6.45, 7) is 1.39. The fourth-order valence-electron chi connectivity index (χ4n) is 4.14. The number of anilines is 1. The molecule has 170 valence electrons. The molecule has 6 heteroatoms. The Labute approximate surface area is 202 Å². The maximum absolute atomic E-state index is 12.6. The number of likely N-dealkylation sites (N-methyl/N-ethyl adjacent to an activating group) is 1. The van der Waals surface area contributed by atoms with E-state index in [4.69, 9.17) is 5.73 Å². The third-order valence-corrected chi connectivity index (χ3v) is 7.14. The van der Waals surface area contributed by atoms with Crippen LogP contribution in [-0.4, -0.2) is 43.0 Å². The number of nitrogen functional groups attached to an aromatic ring is 1. The van der Waals surface area contributed by atoms with Gasteiger partial charge in [0.1, 0.15) is 5.82 Å². The number of hydrogen-bond donors (Lipinski definition) is 2. The highest BCUT2D eigenvalue weighted by Crippen LogP contribution is 2.41. The van der Waals surface area contributed by atoms with Gasteiger partial charge in [0.25, 0.3) is 5.91 Å². The second-order valence-electron chi connectivity index (χ2n) is 8.58. The zero-order chi connectivity index (χ0) is 23.7. The van der Waals surface area contributed by atoms with E-state index in [1.807, 2.05) is 43.3 Å². The van der Waals surface area contributed by atoms with Gasteiger partial charge in [0.15, 0.2) is 0 Å². The number of rotatable bonds is 6. The summed E-state index contributed by atoms with van der Waals surface area (Å²) in [6.07, 6.45) is 1.77. The summed E-state index contributed by atoms with van der Waals surface area (Å²) in [5, 5.41) is 5.44. The van der Waals surface area contributed by atoms with Crippen LogP contribution in [-0.2, 0) is 0 Å².